The highest BCUT2D eigenvalue weighted by Crippen LogP contribution is 2.27. The van der Waals surface area contributed by atoms with Gasteiger partial charge in [0.25, 0.3) is 5.91 Å². The topological polar surface area (TPSA) is 95.1 Å². The van der Waals surface area contributed by atoms with Crippen LogP contribution in [0.15, 0.2) is 35.5 Å². The number of carboxylic acid groups (broad SMARTS) is 1. The van der Waals surface area contributed by atoms with E-state index < -0.39 is 11.9 Å². The lowest BCUT2D eigenvalue weighted by atomic mass is 10.2. The number of anilines is 1. The maximum absolute atomic E-state index is 12.1. The molecule has 0 saturated heterocycles. The van der Waals surface area contributed by atoms with Gasteiger partial charge in [-0.3, -0.25) is 4.79 Å². The number of carbonyl (C=O) groups is 2. The van der Waals surface area contributed by atoms with Crippen molar-refractivity contribution in [2.45, 2.75) is 11.8 Å². The number of hydrogen-bond acceptors (Lipinski definition) is 4. The number of rotatable bonds is 5. The number of H-pyrrole nitrogens is 1. The van der Waals surface area contributed by atoms with E-state index in [1.54, 1.807) is 23.9 Å². The molecule has 0 unspecified atom stereocenters. The zero-order chi connectivity index (χ0) is 14.5. The van der Waals surface area contributed by atoms with Gasteiger partial charge in [-0.2, -0.15) is 0 Å². The van der Waals surface area contributed by atoms with Crippen molar-refractivity contribution >= 4 is 29.3 Å². The summed E-state index contributed by atoms with van der Waals surface area (Å²) in [7, 11) is 0. The number of amides is 1. The summed E-state index contributed by atoms with van der Waals surface area (Å²) in [5.41, 5.74) is 0.292. The number of imidazole rings is 1. The fraction of sp³-hybridized carbons (Fsp3) is 0.154. The van der Waals surface area contributed by atoms with Crippen LogP contribution in [0.25, 0.3) is 0 Å². The first-order valence-electron chi connectivity index (χ1n) is 5.93. The van der Waals surface area contributed by atoms with E-state index in [9.17, 15) is 9.59 Å². The van der Waals surface area contributed by atoms with Gasteiger partial charge in [0.15, 0.2) is 11.4 Å². The van der Waals surface area contributed by atoms with Gasteiger partial charge in [-0.05, 0) is 17.9 Å². The minimum absolute atomic E-state index is 0.131. The third kappa shape index (κ3) is 3.00. The second kappa shape index (κ2) is 6.25. The zero-order valence-electron chi connectivity index (χ0n) is 10.7. The number of aromatic amines is 1. The number of benzene rings is 1. The Balaban J connectivity index is 2.24. The number of hydrogen-bond donors (Lipinski definition) is 3. The molecule has 0 radical (unpaired) electrons. The van der Waals surface area contributed by atoms with Crippen LogP contribution in [-0.2, 0) is 0 Å². The highest BCUT2D eigenvalue weighted by Gasteiger charge is 2.20. The van der Waals surface area contributed by atoms with Crippen molar-refractivity contribution in [2.24, 2.45) is 0 Å². The largest absolute Gasteiger partial charge is 0.477 e. The number of carboxylic acids is 1. The highest BCUT2D eigenvalue weighted by atomic mass is 32.2. The summed E-state index contributed by atoms with van der Waals surface area (Å²) in [6.45, 7) is 2.01. The van der Waals surface area contributed by atoms with E-state index >= 15 is 0 Å². The van der Waals surface area contributed by atoms with E-state index in [0.29, 0.717) is 5.69 Å². The molecule has 20 heavy (non-hydrogen) atoms. The van der Waals surface area contributed by atoms with Crippen LogP contribution in [0.5, 0.6) is 0 Å². The molecule has 2 aromatic rings. The lowest BCUT2D eigenvalue weighted by Gasteiger charge is -2.09. The van der Waals surface area contributed by atoms with Gasteiger partial charge >= 0.3 is 5.97 Å². The van der Waals surface area contributed by atoms with Crippen LogP contribution < -0.4 is 5.32 Å². The summed E-state index contributed by atoms with van der Waals surface area (Å²) in [6.07, 6.45) is 1.19. The van der Waals surface area contributed by atoms with Gasteiger partial charge in [-0.25, -0.2) is 9.78 Å². The van der Waals surface area contributed by atoms with Crippen molar-refractivity contribution in [2.75, 3.05) is 11.1 Å². The third-order valence-corrected chi connectivity index (χ3v) is 3.46. The summed E-state index contributed by atoms with van der Waals surface area (Å²) in [6, 6.07) is 7.35. The second-order valence-electron chi connectivity index (χ2n) is 3.81. The van der Waals surface area contributed by atoms with Gasteiger partial charge in [0, 0.05) is 4.90 Å². The summed E-state index contributed by atoms with van der Waals surface area (Å²) >= 11 is 1.59. The van der Waals surface area contributed by atoms with Crippen LogP contribution in [0.2, 0.25) is 0 Å². The van der Waals surface area contributed by atoms with Gasteiger partial charge in [0.05, 0.1) is 12.0 Å². The summed E-state index contributed by atoms with van der Waals surface area (Å²) in [5, 5.41) is 11.6. The molecule has 0 fully saturated rings. The minimum Gasteiger partial charge on any atom is -0.477 e. The molecule has 0 aliphatic heterocycles. The molecule has 6 nitrogen and oxygen atoms in total. The molecule has 2 rings (SSSR count). The van der Waals surface area contributed by atoms with Crippen molar-refractivity contribution < 1.29 is 14.7 Å². The quantitative estimate of drug-likeness (QED) is 0.736. The Labute approximate surface area is 119 Å². The standard InChI is InChI=1S/C13H13N3O3S/c1-2-20-9-6-4-3-5-8(9)16-12(17)10-11(13(18)19)15-7-14-10/h3-7H,2H2,1H3,(H,14,15)(H,16,17)(H,18,19). The first-order valence-corrected chi connectivity index (χ1v) is 6.92. The average Bonchev–Trinajstić information content (AvgIpc) is 2.91. The Morgan fingerprint density at radius 1 is 1.40 bits per heavy atom. The Bertz CT molecular complexity index is 639. The number of carbonyl (C=O) groups excluding carboxylic acids is 1. The molecule has 1 heterocycles. The van der Waals surface area contributed by atoms with Crippen molar-refractivity contribution in [3.63, 3.8) is 0 Å². The average molecular weight is 291 g/mol. The lowest BCUT2D eigenvalue weighted by Crippen LogP contribution is -2.17. The van der Waals surface area contributed by atoms with Gasteiger partial charge in [0.2, 0.25) is 0 Å². The molecule has 0 saturated carbocycles. The molecule has 1 aromatic carbocycles. The summed E-state index contributed by atoms with van der Waals surface area (Å²) in [4.78, 5) is 30.2. The Morgan fingerprint density at radius 3 is 2.85 bits per heavy atom. The van der Waals surface area contributed by atoms with E-state index in [2.05, 4.69) is 15.3 Å². The number of aromatic nitrogens is 2. The monoisotopic (exact) mass is 291 g/mol. The highest BCUT2D eigenvalue weighted by molar-refractivity contribution is 7.99. The normalized spacial score (nSPS) is 10.2. The van der Waals surface area contributed by atoms with Crippen LogP contribution in [0, 0.1) is 0 Å². The van der Waals surface area contributed by atoms with Crippen LogP contribution >= 0.6 is 11.8 Å². The fourth-order valence-electron chi connectivity index (χ4n) is 1.66. The maximum atomic E-state index is 12.1. The SMILES string of the molecule is CCSc1ccccc1NC(=O)c1nc[nH]c1C(=O)O. The molecular weight excluding hydrogens is 278 g/mol. The molecule has 0 spiro atoms. The van der Waals surface area contributed by atoms with E-state index in [1.807, 2.05) is 19.1 Å². The second-order valence-corrected chi connectivity index (χ2v) is 5.12. The molecule has 1 amide bonds. The molecule has 0 aliphatic carbocycles. The number of aromatic carboxylic acids is 1. The first-order chi connectivity index (χ1) is 9.63. The maximum Gasteiger partial charge on any atom is 0.354 e. The van der Waals surface area contributed by atoms with Crippen LogP contribution in [-0.4, -0.2) is 32.7 Å². The van der Waals surface area contributed by atoms with Crippen molar-refractivity contribution in [1.29, 1.82) is 0 Å². The van der Waals surface area contributed by atoms with E-state index in [1.165, 1.54) is 6.33 Å². The van der Waals surface area contributed by atoms with Crippen LogP contribution in [0.4, 0.5) is 5.69 Å². The first kappa shape index (κ1) is 14.1. The smallest absolute Gasteiger partial charge is 0.354 e. The van der Waals surface area contributed by atoms with Crippen molar-refractivity contribution in [3.8, 4) is 0 Å². The van der Waals surface area contributed by atoms with E-state index in [4.69, 9.17) is 5.11 Å². The Morgan fingerprint density at radius 2 is 2.15 bits per heavy atom. The van der Waals surface area contributed by atoms with Crippen LogP contribution in [0.3, 0.4) is 0 Å². The van der Waals surface area contributed by atoms with E-state index in [-0.39, 0.29) is 11.4 Å². The molecule has 0 bridgehead atoms. The minimum atomic E-state index is -1.22. The predicted molar refractivity (Wildman–Crippen MR) is 76.3 cm³/mol. The molecule has 0 atom stereocenters. The zero-order valence-corrected chi connectivity index (χ0v) is 11.5. The number of para-hydroxylation sites is 1. The van der Waals surface area contributed by atoms with Crippen molar-refractivity contribution in [3.05, 3.63) is 42.0 Å². The predicted octanol–water partition coefficient (Wildman–Crippen LogP) is 2.47. The fourth-order valence-corrected chi connectivity index (χ4v) is 2.42. The lowest BCUT2D eigenvalue weighted by molar-refractivity contribution is 0.0686. The number of nitrogens with one attached hydrogen (secondary N) is 2. The summed E-state index contributed by atoms with van der Waals surface area (Å²) < 4.78 is 0. The molecule has 1 aromatic heterocycles. The van der Waals surface area contributed by atoms with Crippen LogP contribution in [0.1, 0.15) is 27.9 Å². The Kier molecular flexibility index (Phi) is 4.41. The van der Waals surface area contributed by atoms with Gasteiger partial charge < -0.3 is 15.4 Å². The Hall–Kier alpha value is -2.28. The number of nitrogens with zero attached hydrogens (tertiary/aromatic N) is 1. The van der Waals surface area contributed by atoms with Gasteiger partial charge in [0.1, 0.15) is 0 Å². The summed E-state index contributed by atoms with van der Waals surface area (Å²) in [5.74, 6) is -0.896. The molecule has 104 valence electrons. The van der Waals surface area contributed by atoms with E-state index in [0.717, 1.165) is 10.6 Å². The van der Waals surface area contributed by atoms with Crippen molar-refractivity contribution in [1.82, 2.24) is 9.97 Å². The molecular formula is C13H13N3O3S. The number of thioether (sulfide) groups is 1. The van der Waals surface area contributed by atoms with Gasteiger partial charge in [-0.15, -0.1) is 11.8 Å². The molecule has 3 N–H and O–H groups in total. The van der Waals surface area contributed by atoms with Gasteiger partial charge in [-0.1, -0.05) is 19.1 Å². The third-order valence-electron chi connectivity index (χ3n) is 2.50. The molecule has 7 heteroatoms. The molecule has 0 aliphatic rings.